The zero-order valence-electron chi connectivity index (χ0n) is 5.70. The highest BCUT2D eigenvalue weighted by atomic mass is 16.3. The van der Waals surface area contributed by atoms with Crippen molar-refractivity contribution >= 4 is 0 Å². The summed E-state index contributed by atoms with van der Waals surface area (Å²) in [5, 5.41) is 14.9. The first-order chi connectivity index (χ1) is 4.74. The van der Waals surface area contributed by atoms with Crippen LogP contribution in [0.15, 0.2) is 0 Å². The number of nitrogens with zero attached hydrogens (tertiary/aromatic N) is 2. The summed E-state index contributed by atoms with van der Waals surface area (Å²) in [4.78, 5) is 3.89. The molecule has 0 spiro atoms. The van der Waals surface area contributed by atoms with Gasteiger partial charge in [0.15, 0.2) is 5.82 Å². The van der Waals surface area contributed by atoms with Gasteiger partial charge in [-0.2, -0.15) is 5.10 Å². The van der Waals surface area contributed by atoms with Gasteiger partial charge in [0.25, 0.3) is 0 Å². The van der Waals surface area contributed by atoms with Crippen LogP contribution in [0, 0.1) is 0 Å². The van der Waals surface area contributed by atoms with Crippen LogP contribution in [0.4, 0.5) is 0 Å². The molecule has 0 fully saturated rings. The molecule has 0 radical (unpaired) electrons. The van der Waals surface area contributed by atoms with Gasteiger partial charge in [0, 0.05) is 0 Å². The molecule has 1 atom stereocenters. The summed E-state index contributed by atoms with van der Waals surface area (Å²) in [6.45, 7) is 1.66. The summed E-state index contributed by atoms with van der Waals surface area (Å²) in [5.74, 6) is 0.983. The number of hydrogen-bond acceptors (Lipinski definition) is 4. The zero-order chi connectivity index (χ0) is 7.56. The Labute approximate surface area is 58.3 Å². The SMILES string of the molecule is CC(N)c1n[nH]c(CO)n1. The smallest absolute Gasteiger partial charge is 0.167 e. The van der Waals surface area contributed by atoms with Crippen molar-refractivity contribution in [3.8, 4) is 0 Å². The molecular weight excluding hydrogens is 132 g/mol. The summed E-state index contributed by atoms with van der Waals surface area (Å²) < 4.78 is 0. The van der Waals surface area contributed by atoms with Crippen LogP contribution >= 0.6 is 0 Å². The van der Waals surface area contributed by atoms with E-state index in [1.807, 2.05) is 0 Å². The maximum Gasteiger partial charge on any atom is 0.167 e. The molecule has 56 valence electrons. The third-order valence-corrected chi connectivity index (χ3v) is 1.11. The molecular formula is C5H10N4O. The van der Waals surface area contributed by atoms with Crippen molar-refractivity contribution in [1.82, 2.24) is 15.2 Å². The molecule has 5 nitrogen and oxygen atoms in total. The number of H-pyrrole nitrogens is 1. The van der Waals surface area contributed by atoms with E-state index in [1.54, 1.807) is 6.92 Å². The first-order valence-corrected chi connectivity index (χ1v) is 3.01. The Bertz CT molecular complexity index is 207. The molecule has 0 aliphatic carbocycles. The van der Waals surface area contributed by atoms with Gasteiger partial charge in [-0.1, -0.05) is 0 Å². The fraction of sp³-hybridized carbons (Fsp3) is 0.600. The van der Waals surface area contributed by atoms with E-state index in [9.17, 15) is 0 Å². The Hall–Kier alpha value is -0.940. The highest BCUT2D eigenvalue weighted by Gasteiger charge is 2.04. The van der Waals surface area contributed by atoms with Crippen LogP contribution in [0.3, 0.4) is 0 Å². The third kappa shape index (κ3) is 1.31. The standard InChI is InChI=1S/C5H10N4O/c1-3(6)5-7-4(2-10)8-9-5/h3,10H,2,6H2,1H3,(H,7,8,9). The lowest BCUT2D eigenvalue weighted by molar-refractivity contribution is 0.271. The van der Waals surface area contributed by atoms with E-state index in [0.717, 1.165) is 0 Å². The number of hydrogen-bond donors (Lipinski definition) is 3. The zero-order valence-corrected chi connectivity index (χ0v) is 5.70. The maximum absolute atomic E-state index is 8.56. The van der Waals surface area contributed by atoms with Crippen LogP contribution in [0.5, 0.6) is 0 Å². The van der Waals surface area contributed by atoms with Gasteiger partial charge in [-0.05, 0) is 6.92 Å². The second-order valence-corrected chi connectivity index (χ2v) is 2.09. The molecule has 0 aliphatic heterocycles. The van der Waals surface area contributed by atoms with E-state index in [0.29, 0.717) is 11.6 Å². The van der Waals surface area contributed by atoms with Crippen LogP contribution in [-0.4, -0.2) is 20.3 Å². The molecule has 10 heavy (non-hydrogen) atoms. The molecule has 0 saturated carbocycles. The Balaban J connectivity index is 2.78. The summed E-state index contributed by atoms with van der Waals surface area (Å²) in [5.41, 5.74) is 5.46. The number of rotatable bonds is 2. The summed E-state index contributed by atoms with van der Waals surface area (Å²) in [6.07, 6.45) is 0. The van der Waals surface area contributed by atoms with Crippen LogP contribution < -0.4 is 5.73 Å². The highest BCUT2D eigenvalue weighted by Crippen LogP contribution is 2.00. The quantitative estimate of drug-likeness (QED) is 0.510. The van der Waals surface area contributed by atoms with Gasteiger partial charge < -0.3 is 10.8 Å². The number of aromatic nitrogens is 3. The van der Waals surface area contributed by atoms with Crippen molar-refractivity contribution in [2.24, 2.45) is 5.73 Å². The first kappa shape index (κ1) is 7.17. The molecule has 0 saturated heterocycles. The van der Waals surface area contributed by atoms with Gasteiger partial charge in [-0.3, -0.25) is 5.10 Å². The van der Waals surface area contributed by atoms with E-state index in [4.69, 9.17) is 10.8 Å². The Morgan fingerprint density at radius 3 is 2.80 bits per heavy atom. The molecule has 0 amide bonds. The van der Waals surface area contributed by atoms with Crippen LogP contribution in [0.2, 0.25) is 0 Å². The molecule has 0 aromatic carbocycles. The molecule has 1 unspecified atom stereocenters. The monoisotopic (exact) mass is 142 g/mol. The number of nitrogens with two attached hydrogens (primary N) is 1. The van der Waals surface area contributed by atoms with Gasteiger partial charge in [0.2, 0.25) is 0 Å². The average molecular weight is 142 g/mol. The van der Waals surface area contributed by atoms with Crippen molar-refractivity contribution in [2.75, 3.05) is 0 Å². The average Bonchev–Trinajstić information content (AvgIpc) is 2.34. The number of aromatic amines is 1. The summed E-state index contributed by atoms with van der Waals surface area (Å²) in [7, 11) is 0. The van der Waals surface area contributed by atoms with E-state index < -0.39 is 0 Å². The minimum absolute atomic E-state index is 0.125. The minimum Gasteiger partial charge on any atom is -0.388 e. The molecule has 0 aliphatic rings. The van der Waals surface area contributed by atoms with Gasteiger partial charge in [0.1, 0.15) is 12.4 Å². The lowest BCUT2D eigenvalue weighted by Gasteiger charge is -1.93. The topological polar surface area (TPSA) is 87.8 Å². The molecule has 1 aromatic heterocycles. The van der Waals surface area contributed by atoms with Crippen LogP contribution in [0.1, 0.15) is 24.6 Å². The first-order valence-electron chi connectivity index (χ1n) is 3.01. The van der Waals surface area contributed by atoms with E-state index in [2.05, 4.69) is 15.2 Å². The second-order valence-electron chi connectivity index (χ2n) is 2.09. The van der Waals surface area contributed by atoms with Crippen LogP contribution in [0.25, 0.3) is 0 Å². The third-order valence-electron chi connectivity index (χ3n) is 1.11. The normalized spacial score (nSPS) is 13.5. The Morgan fingerprint density at radius 1 is 1.80 bits per heavy atom. The molecule has 1 rings (SSSR count). The second kappa shape index (κ2) is 2.76. The molecule has 4 N–H and O–H groups in total. The molecule has 5 heteroatoms. The van der Waals surface area contributed by atoms with Crippen LogP contribution in [-0.2, 0) is 6.61 Å². The fourth-order valence-corrected chi connectivity index (χ4v) is 0.584. The lowest BCUT2D eigenvalue weighted by Crippen LogP contribution is -2.06. The van der Waals surface area contributed by atoms with Crippen molar-refractivity contribution in [3.63, 3.8) is 0 Å². The van der Waals surface area contributed by atoms with E-state index >= 15 is 0 Å². The molecule has 1 heterocycles. The van der Waals surface area contributed by atoms with Gasteiger partial charge >= 0.3 is 0 Å². The maximum atomic E-state index is 8.56. The number of aliphatic hydroxyl groups is 1. The highest BCUT2D eigenvalue weighted by molar-refractivity contribution is 4.92. The predicted molar refractivity (Wildman–Crippen MR) is 34.9 cm³/mol. The Morgan fingerprint density at radius 2 is 2.50 bits per heavy atom. The molecule has 0 bridgehead atoms. The number of aliphatic hydroxyl groups excluding tert-OH is 1. The molecule has 1 aromatic rings. The minimum atomic E-state index is -0.184. The van der Waals surface area contributed by atoms with Gasteiger partial charge in [-0.25, -0.2) is 4.98 Å². The summed E-state index contributed by atoms with van der Waals surface area (Å²) in [6, 6.07) is -0.184. The summed E-state index contributed by atoms with van der Waals surface area (Å²) >= 11 is 0. The van der Waals surface area contributed by atoms with Crippen molar-refractivity contribution in [2.45, 2.75) is 19.6 Å². The largest absolute Gasteiger partial charge is 0.388 e. The van der Waals surface area contributed by atoms with E-state index in [-0.39, 0.29) is 12.6 Å². The van der Waals surface area contributed by atoms with Crippen molar-refractivity contribution in [3.05, 3.63) is 11.6 Å². The van der Waals surface area contributed by atoms with Gasteiger partial charge in [-0.15, -0.1) is 0 Å². The Kier molecular flexibility index (Phi) is 1.98. The van der Waals surface area contributed by atoms with Crippen molar-refractivity contribution in [1.29, 1.82) is 0 Å². The lowest BCUT2D eigenvalue weighted by atomic mass is 10.3. The predicted octanol–water partition coefficient (Wildman–Crippen LogP) is -0.683. The fourth-order valence-electron chi connectivity index (χ4n) is 0.584. The van der Waals surface area contributed by atoms with E-state index in [1.165, 1.54) is 0 Å². The van der Waals surface area contributed by atoms with Crippen molar-refractivity contribution < 1.29 is 5.11 Å². The number of nitrogens with one attached hydrogen (secondary N) is 1. The van der Waals surface area contributed by atoms with Gasteiger partial charge in [0.05, 0.1) is 6.04 Å².